The molecule has 25 heavy (non-hydrogen) atoms. The van der Waals surface area contributed by atoms with E-state index >= 15 is 0 Å². The van der Waals surface area contributed by atoms with Crippen LogP contribution in [-0.4, -0.2) is 4.98 Å². The first-order valence-corrected chi connectivity index (χ1v) is 9.25. The minimum absolute atomic E-state index is 0.237. The van der Waals surface area contributed by atoms with Gasteiger partial charge in [-0.2, -0.15) is 0 Å². The molecule has 3 aliphatic rings. The van der Waals surface area contributed by atoms with E-state index in [9.17, 15) is 0 Å². The van der Waals surface area contributed by atoms with Gasteiger partial charge in [0.1, 0.15) is 0 Å². The zero-order valence-corrected chi connectivity index (χ0v) is 14.1. The first-order valence-electron chi connectivity index (χ1n) is 9.25. The van der Waals surface area contributed by atoms with E-state index in [0.29, 0.717) is 0 Å². The topological polar surface area (TPSA) is 12.9 Å². The summed E-state index contributed by atoms with van der Waals surface area (Å²) in [5.41, 5.74) is 11.6. The molecule has 0 amide bonds. The van der Waals surface area contributed by atoms with Gasteiger partial charge in [0.25, 0.3) is 0 Å². The summed E-state index contributed by atoms with van der Waals surface area (Å²) in [7, 11) is 0. The lowest BCUT2D eigenvalue weighted by Crippen LogP contribution is -2.28. The molecule has 0 fully saturated rings. The van der Waals surface area contributed by atoms with Gasteiger partial charge in [-0.15, -0.1) is 0 Å². The van der Waals surface area contributed by atoms with Gasteiger partial charge in [-0.05, 0) is 65.6 Å². The summed E-state index contributed by atoms with van der Waals surface area (Å²) in [6, 6.07) is 22.1. The Morgan fingerprint density at radius 1 is 0.760 bits per heavy atom. The molecule has 0 N–H and O–H groups in total. The quantitative estimate of drug-likeness (QED) is 0.535. The third-order valence-corrected chi connectivity index (χ3v) is 6.51. The molecule has 0 saturated heterocycles. The average Bonchev–Trinajstić information content (AvgIpc) is 3.26. The molecule has 120 valence electrons. The number of hydrogen-bond acceptors (Lipinski definition) is 1. The van der Waals surface area contributed by atoms with Crippen LogP contribution in [0, 0.1) is 0 Å². The molecule has 6 rings (SSSR count). The highest BCUT2D eigenvalue weighted by Gasteiger charge is 2.51. The predicted molar refractivity (Wildman–Crippen MR) is 102 cm³/mol. The van der Waals surface area contributed by atoms with Gasteiger partial charge in [0.2, 0.25) is 0 Å². The largest absolute Gasteiger partial charge is 0.256 e. The smallest absolute Gasteiger partial charge is 0.0749 e. The van der Waals surface area contributed by atoms with Crippen molar-refractivity contribution in [2.24, 2.45) is 0 Å². The molecule has 1 heteroatoms. The maximum Gasteiger partial charge on any atom is 0.0749 e. The monoisotopic (exact) mass is 321 g/mol. The van der Waals surface area contributed by atoms with Crippen LogP contribution in [0.2, 0.25) is 0 Å². The molecular formula is C24H19N. The molecule has 1 heterocycles. The molecule has 2 aromatic carbocycles. The van der Waals surface area contributed by atoms with Crippen LogP contribution in [0.25, 0.3) is 28.0 Å². The van der Waals surface area contributed by atoms with Crippen molar-refractivity contribution in [3.8, 4) is 22.4 Å². The van der Waals surface area contributed by atoms with Crippen LogP contribution in [0.4, 0.5) is 0 Å². The summed E-state index contributed by atoms with van der Waals surface area (Å²) in [5, 5.41) is 0. The number of rotatable bonds is 1. The van der Waals surface area contributed by atoms with Gasteiger partial charge in [0.15, 0.2) is 0 Å². The SMILES string of the molecule is c1ccc(-c2ccc3c(c2)C2=C4CCC2(CC4)c2cccnc2-3)cc1. The molecule has 1 aromatic heterocycles. The Morgan fingerprint density at radius 3 is 2.44 bits per heavy atom. The van der Waals surface area contributed by atoms with Crippen LogP contribution >= 0.6 is 0 Å². The second-order valence-corrected chi connectivity index (χ2v) is 7.59. The summed E-state index contributed by atoms with van der Waals surface area (Å²) < 4.78 is 0. The van der Waals surface area contributed by atoms with Crippen molar-refractivity contribution in [1.82, 2.24) is 4.98 Å². The van der Waals surface area contributed by atoms with E-state index in [-0.39, 0.29) is 5.41 Å². The fraction of sp³-hybridized carbons (Fsp3) is 0.208. The van der Waals surface area contributed by atoms with E-state index in [1.165, 1.54) is 59.2 Å². The van der Waals surface area contributed by atoms with Crippen molar-refractivity contribution in [2.75, 3.05) is 0 Å². The number of pyridine rings is 1. The van der Waals surface area contributed by atoms with E-state index in [1.807, 2.05) is 6.20 Å². The molecule has 3 aromatic rings. The third-order valence-electron chi connectivity index (χ3n) is 6.51. The first kappa shape index (κ1) is 13.6. The number of fused-ring (bicyclic) bond motifs is 3. The zero-order chi connectivity index (χ0) is 16.4. The third kappa shape index (κ3) is 1.66. The summed E-state index contributed by atoms with van der Waals surface area (Å²) in [6.45, 7) is 0. The Labute approximate surface area is 148 Å². The predicted octanol–water partition coefficient (Wildman–Crippen LogP) is 6.01. The summed E-state index contributed by atoms with van der Waals surface area (Å²) in [4.78, 5) is 4.81. The van der Waals surface area contributed by atoms with Crippen LogP contribution in [-0.2, 0) is 5.41 Å². The van der Waals surface area contributed by atoms with Gasteiger partial charge in [0, 0.05) is 17.2 Å². The van der Waals surface area contributed by atoms with E-state index < -0.39 is 0 Å². The van der Waals surface area contributed by atoms with Crippen molar-refractivity contribution in [1.29, 1.82) is 0 Å². The molecule has 1 nitrogen and oxygen atoms in total. The van der Waals surface area contributed by atoms with E-state index in [0.717, 1.165) is 0 Å². The highest BCUT2D eigenvalue weighted by atomic mass is 14.7. The van der Waals surface area contributed by atoms with Gasteiger partial charge in [0.05, 0.1) is 5.69 Å². The number of benzene rings is 2. The van der Waals surface area contributed by atoms with Crippen LogP contribution in [0.15, 0.2) is 72.4 Å². The van der Waals surface area contributed by atoms with Gasteiger partial charge in [-0.1, -0.05) is 54.1 Å². The second-order valence-electron chi connectivity index (χ2n) is 7.59. The maximum absolute atomic E-state index is 4.81. The summed E-state index contributed by atoms with van der Waals surface area (Å²) in [6.07, 6.45) is 7.01. The van der Waals surface area contributed by atoms with Gasteiger partial charge >= 0.3 is 0 Å². The fourth-order valence-corrected chi connectivity index (χ4v) is 5.44. The number of nitrogens with zero attached hydrogens (tertiary/aromatic N) is 1. The van der Waals surface area contributed by atoms with E-state index in [1.54, 1.807) is 11.1 Å². The maximum atomic E-state index is 4.81. The highest BCUT2D eigenvalue weighted by molar-refractivity contribution is 5.96. The standard InChI is InChI=1S/C24H19N/c1-2-5-16(6-3-1)18-8-9-19-20(15-18)22-17-10-12-24(22,13-11-17)21-7-4-14-25-23(19)21/h1-9,14-15H,10-13H2. The molecule has 2 bridgehead atoms. The number of aromatic nitrogens is 1. The van der Waals surface area contributed by atoms with Gasteiger partial charge in [-0.25, -0.2) is 0 Å². The molecule has 3 aliphatic carbocycles. The molecule has 0 radical (unpaired) electrons. The summed E-state index contributed by atoms with van der Waals surface area (Å²) >= 11 is 0. The lowest BCUT2D eigenvalue weighted by molar-refractivity contribution is 0.471. The van der Waals surface area contributed by atoms with Crippen LogP contribution < -0.4 is 0 Å². The van der Waals surface area contributed by atoms with Crippen molar-refractivity contribution < 1.29 is 0 Å². The van der Waals surface area contributed by atoms with Crippen molar-refractivity contribution in [3.63, 3.8) is 0 Å². The minimum Gasteiger partial charge on any atom is -0.256 e. The van der Waals surface area contributed by atoms with E-state index in [2.05, 4.69) is 60.7 Å². The summed E-state index contributed by atoms with van der Waals surface area (Å²) in [5.74, 6) is 0. The van der Waals surface area contributed by atoms with Crippen LogP contribution in [0.1, 0.15) is 36.8 Å². The molecule has 0 saturated carbocycles. The molecular weight excluding hydrogens is 302 g/mol. The second kappa shape index (κ2) is 4.70. The first-order chi connectivity index (χ1) is 12.4. The van der Waals surface area contributed by atoms with E-state index in [4.69, 9.17) is 4.98 Å². The Balaban J connectivity index is 1.67. The Hall–Kier alpha value is -2.67. The normalized spacial score (nSPS) is 18.7. The zero-order valence-electron chi connectivity index (χ0n) is 14.1. The average molecular weight is 321 g/mol. The van der Waals surface area contributed by atoms with Crippen molar-refractivity contribution in [3.05, 3.63) is 83.6 Å². The highest BCUT2D eigenvalue weighted by Crippen LogP contribution is 2.64. The Morgan fingerprint density at radius 2 is 1.60 bits per heavy atom. The van der Waals surface area contributed by atoms with Crippen molar-refractivity contribution >= 4 is 5.57 Å². The number of hydrogen-bond donors (Lipinski definition) is 0. The minimum atomic E-state index is 0.237. The van der Waals surface area contributed by atoms with Gasteiger partial charge in [-0.3, -0.25) is 4.98 Å². The fourth-order valence-electron chi connectivity index (χ4n) is 5.44. The number of allylic oxidation sites excluding steroid dienone is 2. The Bertz CT molecular complexity index is 1030. The molecule has 0 unspecified atom stereocenters. The lowest BCUT2D eigenvalue weighted by atomic mass is 9.66. The van der Waals surface area contributed by atoms with Crippen LogP contribution in [0.3, 0.4) is 0 Å². The Kier molecular flexibility index (Phi) is 2.55. The van der Waals surface area contributed by atoms with Crippen LogP contribution in [0.5, 0.6) is 0 Å². The lowest BCUT2D eigenvalue weighted by Gasteiger charge is -2.37. The van der Waals surface area contributed by atoms with Crippen molar-refractivity contribution in [2.45, 2.75) is 31.1 Å². The van der Waals surface area contributed by atoms with Gasteiger partial charge < -0.3 is 0 Å². The molecule has 0 aliphatic heterocycles. The molecule has 0 atom stereocenters. The molecule has 0 spiro atoms.